The lowest BCUT2D eigenvalue weighted by atomic mass is 9.92. The smallest absolute Gasteiger partial charge is 0.163 e. The van der Waals surface area contributed by atoms with Gasteiger partial charge in [0.05, 0.1) is 5.60 Å². The third-order valence-corrected chi connectivity index (χ3v) is 4.73. The molecule has 1 heterocycles. The van der Waals surface area contributed by atoms with E-state index in [1.807, 2.05) is 11.0 Å². The van der Waals surface area contributed by atoms with Crippen molar-refractivity contribution >= 4 is 0 Å². The predicted molar refractivity (Wildman–Crippen MR) is 93.9 cm³/mol. The third kappa shape index (κ3) is 4.84. The molecule has 1 fully saturated rings. The van der Waals surface area contributed by atoms with Gasteiger partial charge in [0.15, 0.2) is 11.6 Å². The number of nitrogens with one attached hydrogen (secondary N) is 1. The van der Waals surface area contributed by atoms with Crippen molar-refractivity contribution in [3.05, 3.63) is 71.0 Å². The zero-order valence-corrected chi connectivity index (χ0v) is 14.5. The van der Waals surface area contributed by atoms with Gasteiger partial charge in [-0.2, -0.15) is 0 Å². The van der Waals surface area contributed by atoms with Crippen LogP contribution >= 0.6 is 0 Å². The molecular formula is C20H23F3N2O. The molecule has 6 heteroatoms. The van der Waals surface area contributed by atoms with E-state index in [9.17, 15) is 18.3 Å². The van der Waals surface area contributed by atoms with Crippen molar-refractivity contribution in [1.82, 2.24) is 10.2 Å². The third-order valence-electron chi connectivity index (χ3n) is 4.73. The van der Waals surface area contributed by atoms with Crippen LogP contribution in [-0.2, 0) is 13.1 Å². The molecule has 2 aromatic carbocycles. The zero-order chi connectivity index (χ0) is 18.6. The average molecular weight is 364 g/mol. The van der Waals surface area contributed by atoms with Gasteiger partial charge in [-0.05, 0) is 43.1 Å². The topological polar surface area (TPSA) is 35.5 Å². The summed E-state index contributed by atoms with van der Waals surface area (Å²) in [7, 11) is 0. The molecule has 0 aromatic heterocycles. The highest BCUT2D eigenvalue weighted by Gasteiger charge is 2.33. The van der Waals surface area contributed by atoms with Gasteiger partial charge in [-0.25, -0.2) is 13.2 Å². The van der Waals surface area contributed by atoms with Gasteiger partial charge in [-0.1, -0.05) is 24.3 Å². The van der Waals surface area contributed by atoms with Crippen molar-refractivity contribution in [2.75, 3.05) is 19.6 Å². The Labute approximate surface area is 151 Å². The van der Waals surface area contributed by atoms with Gasteiger partial charge < -0.3 is 10.4 Å². The molecule has 1 saturated heterocycles. The van der Waals surface area contributed by atoms with Gasteiger partial charge >= 0.3 is 0 Å². The first-order valence-corrected chi connectivity index (χ1v) is 8.78. The van der Waals surface area contributed by atoms with Gasteiger partial charge in [0.25, 0.3) is 0 Å². The van der Waals surface area contributed by atoms with Gasteiger partial charge in [0.2, 0.25) is 0 Å². The summed E-state index contributed by atoms with van der Waals surface area (Å²) in [4.78, 5) is 1.94. The molecule has 3 rings (SSSR count). The summed E-state index contributed by atoms with van der Waals surface area (Å²) in [5, 5.41) is 14.0. The van der Waals surface area contributed by atoms with Crippen molar-refractivity contribution in [3.63, 3.8) is 0 Å². The standard InChI is InChI=1S/C20H23F3N2O/c21-17-6-1-4-15(10-17)11-24-13-20(26)8-3-9-25(14-20)12-16-5-2-7-18(22)19(16)23/h1-2,4-7,10,24,26H,3,8-9,11-14H2/t20-/m1/s1. The Hall–Kier alpha value is -1.89. The fraction of sp³-hybridized carbons (Fsp3) is 0.400. The molecular weight excluding hydrogens is 341 g/mol. The monoisotopic (exact) mass is 364 g/mol. The molecule has 1 atom stereocenters. The van der Waals surface area contributed by atoms with E-state index >= 15 is 0 Å². The Balaban J connectivity index is 1.55. The Morgan fingerprint density at radius 1 is 1.12 bits per heavy atom. The van der Waals surface area contributed by atoms with Crippen LogP contribution in [0.2, 0.25) is 0 Å². The van der Waals surface area contributed by atoms with Crippen LogP contribution < -0.4 is 5.32 Å². The molecule has 140 valence electrons. The maximum absolute atomic E-state index is 13.9. The number of nitrogens with zero attached hydrogens (tertiary/aromatic N) is 1. The number of halogens is 3. The number of benzene rings is 2. The van der Waals surface area contributed by atoms with Gasteiger partial charge in [-0.3, -0.25) is 4.90 Å². The first-order chi connectivity index (χ1) is 12.5. The van der Waals surface area contributed by atoms with E-state index in [0.717, 1.165) is 24.6 Å². The number of aliphatic hydroxyl groups is 1. The number of β-amino-alcohol motifs (C(OH)–C–C–N with tert-alkyl or cyclic N) is 1. The highest BCUT2D eigenvalue weighted by Crippen LogP contribution is 2.23. The van der Waals surface area contributed by atoms with Crippen LogP contribution in [0.1, 0.15) is 24.0 Å². The summed E-state index contributed by atoms with van der Waals surface area (Å²) in [6.07, 6.45) is 1.40. The lowest BCUT2D eigenvalue weighted by Crippen LogP contribution is -2.53. The maximum atomic E-state index is 13.9. The van der Waals surface area contributed by atoms with E-state index in [-0.39, 0.29) is 12.4 Å². The minimum Gasteiger partial charge on any atom is -0.387 e. The first kappa shape index (κ1) is 18.9. The van der Waals surface area contributed by atoms with Crippen LogP contribution in [0.3, 0.4) is 0 Å². The number of piperidine rings is 1. The predicted octanol–water partition coefficient (Wildman–Crippen LogP) is 3.22. The van der Waals surface area contributed by atoms with E-state index in [1.165, 1.54) is 18.2 Å². The molecule has 2 N–H and O–H groups in total. The summed E-state index contributed by atoms with van der Waals surface area (Å²) in [6, 6.07) is 10.5. The van der Waals surface area contributed by atoms with Gasteiger partial charge in [0.1, 0.15) is 5.82 Å². The Morgan fingerprint density at radius 3 is 2.73 bits per heavy atom. The van der Waals surface area contributed by atoms with Crippen LogP contribution in [-0.4, -0.2) is 35.2 Å². The number of hydrogen-bond acceptors (Lipinski definition) is 3. The first-order valence-electron chi connectivity index (χ1n) is 8.78. The Bertz CT molecular complexity index is 756. The fourth-order valence-electron chi connectivity index (χ4n) is 3.48. The van der Waals surface area contributed by atoms with Crippen molar-refractivity contribution in [2.45, 2.75) is 31.5 Å². The summed E-state index contributed by atoms with van der Waals surface area (Å²) in [6.45, 7) is 2.17. The summed E-state index contributed by atoms with van der Waals surface area (Å²) in [5.74, 6) is -1.97. The van der Waals surface area contributed by atoms with Crippen LogP contribution in [0, 0.1) is 17.5 Å². The SMILES string of the molecule is O[C@@]1(CNCc2cccc(F)c2)CCCN(Cc2cccc(F)c2F)C1. The van der Waals surface area contributed by atoms with Crippen LogP contribution in [0.15, 0.2) is 42.5 Å². The molecule has 0 aliphatic carbocycles. The normalized spacial score (nSPS) is 21.1. The second kappa shape index (κ2) is 8.20. The van der Waals surface area contributed by atoms with Crippen molar-refractivity contribution < 1.29 is 18.3 Å². The maximum Gasteiger partial charge on any atom is 0.163 e. The van der Waals surface area contributed by atoms with Crippen LogP contribution in [0.5, 0.6) is 0 Å². The lowest BCUT2D eigenvalue weighted by Gasteiger charge is -2.39. The number of rotatable bonds is 6. The zero-order valence-electron chi connectivity index (χ0n) is 14.5. The lowest BCUT2D eigenvalue weighted by molar-refractivity contribution is -0.0323. The van der Waals surface area contributed by atoms with Crippen molar-refractivity contribution in [1.29, 1.82) is 0 Å². The van der Waals surface area contributed by atoms with E-state index in [4.69, 9.17) is 0 Å². The molecule has 0 radical (unpaired) electrons. The highest BCUT2D eigenvalue weighted by molar-refractivity contribution is 5.19. The van der Waals surface area contributed by atoms with E-state index in [2.05, 4.69) is 5.32 Å². The average Bonchev–Trinajstić information content (AvgIpc) is 2.59. The molecule has 0 saturated carbocycles. The summed E-state index contributed by atoms with van der Waals surface area (Å²) >= 11 is 0. The summed E-state index contributed by atoms with van der Waals surface area (Å²) in [5.41, 5.74) is 0.153. The molecule has 26 heavy (non-hydrogen) atoms. The largest absolute Gasteiger partial charge is 0.387 e. The number of likely N-dealkylation sites (tertiary alicyclic amines) is 1. The van der Waals surface area contributed by atoms with Gasteiger partial charge in [0, 0.05) is 31.7 Å². The molecule has 0 unspecified atom stereocenters. The van der Waals surface area contributed by atoms with Crippen LogP contribution in [0.25, 0.3) is 0 Å². The quantitative estimate of drug-likeness (QED) is 0.826. The van der Waals surface area contributed by atoms with Crippen molar-refractivity contribution in [3.8, 4) is 0 Å². The van der Waals surface area contributed by atoms with Crippen molar-refractivity contribution in [2.24, 2.45) is 0 Å². The second-order valence-corrected chi connectivity index (χ2v) is 6.98. The van der Waals surface area contributed by atoms with Gasteiger partial charge in [-0.15, -0.1) is 0 Å². The minimum absolute atomic E-state index is 0.260. The Kier molecular flexibility index (Phi) is 5.96. The number of hydrogen-bond donors (Lipinski definition) is 2. The molecule has 3 nitrogen and oxygen atoms in total. The molecule has 1 aliphatic rings. The summed E-state index contributed by atoms with van der Waals surface area (Å²) < 4.78 is 40.4. The van der Waals surface area contributed by atoms with E-state index in [0.29, 0.717) is 31.6 Å². The van der Waals surface area contributed by atoms with E-state index < -0.39 is 17.2 Å². The van der Waals surface area contributed by atoms with E-state index in [1.54, 1.807) is 12.1 Å². The highest BCUT2D eigenvalue weighted by atomic mass is 19.2. The molecule has 0 amide bonds. The minimum atomic E-state index is -0.949. The molecule has 0 bridgehead atoms. The molecule has 2 aromatic rings. The second-order valence-electron chi connectivity index (χ2n) is 6.98. The van der Waals surface area contributed by atoms with Crippen LogP contribution in [0.4, 0.5) is 13.2 Å². The molecule has 1 aliphatic heterocycles. The fourth-order valence-corrected chi connectivity index (χ4v) is 3.48. The molecule has 0 spiro atoms. The Morgan fingerprint density at radius 2 is 1.92 bits per heavy atom.